The topological polar surface area (TPSA) is 52.5 Å². The van der Waals surface area contributed by atoms with Gasteiger partial charge in [-0.05, 0) is 36.3 Å². The number of H-pyrrole nitrogens is 1. The van der Waals surface area contributed by atoms with Crippen molar-refractivity contribution in [3.05, 3.63) is 65.4 Å². The molecule has 19 heavy (non-hydrogen) atoms. The number of fused-ring (bicyclic) bond motifs is 1. The van der Waals surface area contributed by atoms with E-state index in [4.69, 9.17) is 5.26 Å². The van der Waals surface area contributed by atoms with Crippen LogP contribution in [-0.4, -0.2) is 10.2 Å². The zero-order valence-corrected chi connectivity index (χ0v) is 10.0. The zero-order chi connectivity index (χ0) is 13.1. The Kier molecular flexibility index (Phi) is 2.73. The number of hydrogen-bond donors (Lipinski definition) is 1. The minimum absolute atomic E-state index is 0.608. The number of aromatic nitrogens is 2. The summed E-state index contributed by atoms with van der Waals surface area (Å²) in [6.07, 6.45) is 0. The number of nitriles is 1. The predicted octanol–water partition coefficient (Wildman–Crippen LogP) is 2.83. The van der Waals surface area contributed by atoms with Crippen LogP contribution in [0.5, 0.6) is 0 Å². The van der Waals surface area contributed by atoms with Gasteiger partial charge in [-0.25, -0.2) is 0 Å². The van der Waals surface area contributed by atoms with Crippen molar-refractivity contribution in [2.75, 3.05) is 0 Å². The lowest BCUT2D eigenvalue weighted by atomic mass is 10.1. The second kappa shape index (κ2) is 4.68. The Hall–Kier alpha value is -3.04. The largest absolute Gasteiger partial charge is 0.277 e. The van der Waals surface area contributed by atoms with Crippen molar-refractivity contribution in [1.82, 2.24) is 10.2 Å². The standard InChI is InChI=1S/C16H9N3/c17-11-13-7-9-16-14(10-13)15(18-19-16)8-6-12-4-2-1-3-5-12/h1-5,7,9-10H,(H,18,19). The highest BCUT2D eigenvalue weighted by molar-refractivity contribution is 5.85. The molecule has 0 saturated heterocycles. The van der Waals surface area contributed by atoms with Gasteiger partial charge in [0.2, 0.25) is 0 Å². The average molecular weight is 243 g/mol. The van der Waals surface area contributed by atoms with E-state index in [0.717, 1.165) is 16.5 Å². The monoisotopic (exact) mass is 243 g/mol. The SMILES string of the molecule is N#Cc1ccc2[nH]nc(C#Cc3ccccc3)c2c1. The van der Waals surface area contributed by atoms with Gasteiger partial charge in [-0.3, -0.25) is 5.10 Å². The van der Waals surface area contributed by atoms with Gasteiger partial charge in [-0.15, -0.1) is 0 Å². The number of benzene rings is 2. The summed E-state index contributed by atoms with van der Waals surface area (Å²) in [7, 11) is 0. The van der Waals surface area contributed by atoms with Crippen LogP contribution in [0.3, 0.4) is 0 Å². The average Bonchev–Trinajstić information content (AvgIpc) is 2.88. The number of hydrogen-bond acceptors (Lipinski definition) is 2. The van der Waals surface area contributed by atoms with Crippen LogP contribution in [0.4, 0.5) is 0 Å². The number of rotatable bonds is 0. The molecule has 0 fully saturated rings. The Morgan fingerprint density at radius 3 is 2.58 bits per heavy atom. The Balaban J connectivity index is 2.07. The fourth-order valence-electron chi connectivity index (χ4n) is 1.83. The first-order valence-corrected chi connectivity index (χ1v) is 5.82. The van der Waals surface area contributed by atoms with Crippen molar-refractivity contribution in [1.29, 1.82) is 5.26 Å². The highest BCUT2D eigenvalue weighted by atomic mass is 15.1. The molecule has 1 N–H and O–H groups in total. The zero-order valence-electron chi connectivity index (χ0n) is 10.0. The lowest BCUT2D eigenvalue weighted by Gasteiger charge is -1.90. The summed E-state index contributed by atoms with van der Waals surface area (Å²) in [6.45, 7) is 0. The van der Waals surface area contributed by atoms with Crippen molar-refractivity contribution in [3.63, 3.8) is 0 Å². The molecule has 0 aliphatic carbocycles. The Bertz CT molecular complexity index is 827. The van der Waals surface area contributed by atoms with Crippen molar-refractivity contribution in [2.24, 2.45) is 0 Å². The number of nitrogens with one attached hydrogen (secondary N) is 1. The van der Waals surface area contributed by atoms with Crippen LogP contribution in [-0.2, 0) is 0 Å². The van der Waals surface area contributed by atoms with E-state index in [2.05, 4.69) is 28.1 Å². The third-order valence-electron chi connectivity index (χ3n) is 2.79. The van der Waals surface area contributed by atoms with Crippen LogP contribution in [0.15, 0.2) is 48.5 Å². The normalized spacial score (nSPS) is 9.63. The lowest BCUT2D eigenvalue weighted by molar-refractivity contribution is 1.10. The van der Waals surface area contributed by atoms with Gasteiger partial charge in [0.15, 0.2) is 0 Å². The van der Waals surface area contributed by atoms with Crippen molar-refractivity contribution in [3.8, 4) is 17.9 Å². The number of aromatic amines is 1. The maximum atomic E-state index is 8.92. The van der Waals surface area contributed by atoms with Crippen LogP contribution in [0.2, 0.25) is 0 Å². The summed E-state index contributed by atoms with van der Waals surface area (Å²) in [4.78, 5) is 0. The first-order chi connectivity index (χ1) is 9.36. The Morgan fingerprint density at radius 1 is 0.947 bits per heavy atom. The van der Waals surface area contributed by atoms with Gasteiger partial charge in [-0.1, -0.05) is 24.1 Å². The van der Waals surface area contributed by atoms with Gasteiger partial charge in [0.1, 0.15) is 5.69 Å². The van der Waals surface area contributed by atoms with Gasteiger partial charge in [0.05, 0.1) is 17.1 Å². The fraction of sp³-hybridized carbons (Fsp3) is 0. The second-order valence-corrected chi connectivity index (χ2v) is 4.06. The molecule has 0 atom stereocenters. The summed E-state index contributed by atoms with van der Waals surface area (Å²) in [6, 6.07) is 17.3. The van der Waals surface area contributed by atoms with Crippen molar-refractivity contribution < 1.29 is 0 Å². The van der Waals surface area contributed by atoms with E-state index in [1.165, 1.54) is 0 Å². The molecule has 88 valence electrons. The molecule has 0 aliphatic rings. The molecule has 0 bridgehead atoms. The predicted molar refractivity (Wildman–Crippen MR) is 73.2 cm³/mol. The highest BCUT2D eigenvalue weighted by Gasteiger charge is 2.03. The maximum absolute atomic E-state index is 8.92. The summed E-state index contributed by atoms with van der Waals surface area (Å²) >= 11 is 0. The van der Waals surface area contributed by atoms with E-state index in [9.17, 15) is 0 Å². The molecular weight excluding hydrogens is 234 g/mol. The first-order valence-electron chi connectivity index (χ1n) is 5.82. The highest BCUT2D eigenvalue weighted by Crippen LogP contribution is 2.16. The van der Waals surface area contributed by atoms with E-state index in [0.29, 0.717) is 11.3 Å². The third kappa shape index (κ3) is 2.18. The van der Waals surface area contributed by atoms with Crippen LogP contribution in [0, 0.1) is 23.2 Å². The second-order valence-electron chi connectivity index (χ2n) is 4.06. The quantitative estimate of drug-likeness (QED) is 0.617. The smallest absolute Gasteiger partial charge is 0.143 e. The van der Waals surface area contributed by atoms with Crippen molar-refractivity contribution in [2.45, 2.75) is 0 Å². The van der Waals surface area contributed by atoms with Gasteiger partial charge < -0.3 is 0 Å². The molecule has 0 radical (unpaired) electrons. The van der Waals surface area contributed by atoms with E-state index < -0.39 is 0 Å². The minimum Gasteiger partial charge on any atom is -0.277 e. The molecular formula is C16H9N3. The molecule has 3 heteroatoms. The Morgan fingerprint density at radius 2 is 1.79 bits per heavy atom. The lowest BCUT2D eigenvalue weighted by Crippen LogP contribution is -1.78. The van der Waals surface area contributed by atoms with Gasteiger partial charge in [-0.2, -0.15) is 10.4 Å². The molecule has 0 amide bonds. The minimum atomic E-state index is 0.608. The van der Waals surface area contributed by atoms with Gasteiger partial charge in [0, 0.05) is 10.9 Å². The molecule has 3 nitrogen and oxygen atoms in total. The molecule has 2 aromatic carbocycles. The molecule has 1 aromatic heterocycles. The van der Waals surface area contributed by atoms with Gasteiger partial charge >= 0.3 is 0 Å². The fourth-order valence-corrected chi connectivity index (χ4v) is 1.83. The van der Waals surface area contributed by atoms with Crippen LogP contribution < -0.4 is 0 Å². The van der Waals surface area contributed by atoms with Crippen molar-refractivity contribution >= 4 is 10.9 Å². The molecule has 0 aliphatic heterocycles. The van der Waals surface area contributed by atoms with Gasteiger partial charge in [0.25, 0.3) is 0 Å². The summed E-state index contributed by atoms with van der Waals surface area (Å²) in [5, 5.41) is 16.9. The molecule has 3 rings (SSSR count). The maximum Gasteiger partial charge on any atom is 0.143 e. The third-order valence-corrected chi connectivity index (χ3v) is 2.79. The molecule has 0 saturated carbocycles. The van der Waals surface area contributed by atoms with E-state index in [1.54, 1.807) is 12.1 Å². The molecule has 3 aromatic rings. The van der Waals surface area contributed by atoms with E-state index in [-0.39, 0.29) is 0 Å². The summed E-state index contributed by atoms with van der Waals surface area (Å²) < 4.78 is 0. The summed E-state index contributed by atoms with van der Waals surface area (Å²) in [5.41, 5.74) is 3.10. The summed E-state index contributed by atoms with van der Waals surface area (Å²) in [5.74, 6) is 6.09. The molecule has 0 unspecified atom stereocenters. The first kappa shape index (κ1) is 11.1. The Labute approximate surface area is 110 Å². The van der Waals surface area contributed by atoms with Crippen LogP contribution in [0.1, 0.15) is 16.8 Å². The van der Waals surface area contributed by atoms with E-state index >= 15 is 0 Å². The molecule has 0 spiro atoms. The molecule has 1 heterocycles. The van der Waals surface area contributed by atoms with Crippen LogP contribution >= 0.6 is 0 Å². The number of nitrogens with zero attached hydrogens (tertiary/aromatic N) is 2. The van der Waals surface area contributed by atoms with E-state index in [1.807, 2.05) is 36.4 Å². The van der Waals surface area contributed by atoms with Crippen LogP contribution in [0.25, 0.3) is 10.9 Å².